The Labute approximate surface area is 133 Å². The highest BCUT2D eigenvalue weighted by atomic mass is 16.5. The van der Waals surface area contributed by atoms with Gasteiger partial charge >= 0.3 is 0 Å². The summed E-state index contributed by atoms with van der Waals surface area (Å²) in [4.78, 5) is 7.00. The maximum absolute atomic E-state index is 5.45. The van der Waals surface area contributed by atoms with Crippen LogP contribution in [-0.2, 0) is 4.74 Å². The van der Waals surface area contributed by atoms with Crippen molar-refractivity contribution in [2.75, 3.05) is 49.6 Å². The fourth-order valence-electron chi connectivity index (χ4n) is 2.44. The number of hydrogen-bond acceptors (Lipinski definition) is 3. The van der Waals surface area contributed by atoms with Gasteiger partial charge in [-0.1, -0.05) is 25.5 Å². The third kappa shape index (κ3) is 4.91. The molecular weight excluding hydrogens is 276 g/mol. The number of anilines is 2. The smallest absolute Gasteiger partial charge is 0.195 e. The number of rotatable bonds is 6. The Morgan fingerprint density at radius 2 is 2.00 bits per heavy atom. The van der Waals surface area contributed by atoms with Gasteiger partial charge < -0.3 is 20.3 Å². The number of unbranched alkanes of at least 4 members (excludes halogenated alkanes) is 1. The van der Waals surface area contributed by atoms with Crippen molar-refractivity contribution in [3.8, 4) is 0 Å². The van der Waals surface area contributed by atoms with Gasteiger partial charge in [0.1, 0.15) is 0 Å². The van der Waals surface area contributed by atoms with E-state index in [9.17, 15) is 0 Å². The molecule has 1 fully saturated rings. The molecule has 0 spiro atoms. The third-order valence-corrected chi connectivity index (χ3v) is 3.63. The van der Waals surface area contributed by atoms with Crippen molar-refractivity contribution in [2.24, 2.45) is 4.99 Å². The van der Waals surface area contributed by atoms with E-state index in [-0.39, 0.29) is 0 Å². The largest absolute Gasteiger partial charge is 0.378 e. The maximum Gasteiger partial charge on any atom is 0.195 e. The number of nitrogens with one attached hydrogen (secondary N) is 2. The van der Waals surface area contributed by atoms with Crippen molar-refractivity contribution in [3.05, 3.63) is 24.3 Å². The van der Waals surface area contributed by atoms with Crippen molar-refractivity contribution >= 4 is 17.3 Å². The molecule has 5 nitrogen and oxygen atoms in total. The minimum absolute atomic E-state index is 0.791. The lowest BCUT2D eigenvalue weighted by Gasteiger charge is -2.30. The van der Waals surface area contributed by atoms with Crippen molar-refractivity contribution in [2.45, 2.75) is 26.7 Å². The number of guanidine groups is 1. The molecule has 1 aliphatic heterocycles. The summed E-state index contributed by atoms with van der Waals surface area (Å²) in [5.74, 6) is 0.858. The minimum Gasteiger partial charge on any atom is -0.378 e. The van der Waals surface area contributed by atoms with E-state index in [0.29, 0.717) is 0 Å². The van der Waals surface area contributed by atoms with E-state index >= 15 is 0 Å². The molecule has 0 bridgehead atoms. The number of hydrogen-bond donors (Lipinski definition) is 2. The number of morpholine rings is 1. The SMILES string of the molecule is CCCCN=C(NCC)Nc1ccccc1N1CCOCC1. The van der Waals surface area contributed by atoms with Crippen LogP contribution in [0.5, 0.6) is 0 Å². The summed E-state index contributed by atoms with van der Waals surface area (Å²) in [5, 5.41) is 6.78. The Balaban J connectivity index is 2.10. The van der Waals surface area contributed by atoms with Gasteiger partial charge in [0, 0.05) is 26.2 Å². The summed E-state index contributed by atoms with van der Waals surface area (Å²) < 4.78 is 5.45. The van der Waals surface area contributed by atoms with Gasteiger partial charge in [0.15, 0.2) is 5.96 Å². The molecule has 0 aromatic heterocycles. The third-order valence-electron chi connectivity index (χ3n) is 3.63. The quantitative estimate of drug-likeness (QED) is 0.482. The van der Waals surface area contributed by atoms with Crippen molar-refractivity contribution in [3.63, 3.8) is 0 Å². The van der Waals surface area contributed by atoms with E-state index in [4.69, 9.17) is 4.74 Å². The molecule has 22 heavy (non-hydrogen) atoms. The predicted molar refractivity (Wildman–Crippen MR) is 94.0 cm³/mol. The average molecular weight is 304 g/mol. The van der Waals surface area contributed by atoms with Crippen LogP contribution in [0.4, 0.5) is 11.4 Å². The van der Waals surface area contributed by atoms with E-state index in [2.05, 4.69) is 58.6 Å². The van der Waals surface area contributed by atoms with Crippen molar-refractivity contribution in [1.82, 2.24) is 5.32 Å². The average Bonchev–Trinajstić information content (AvgIpc) is 2.56. The molecule has 1 saturated heterocycles. The highest BCUT2D eigenvalue weighted by Gasteiger charge is 2.15. The molecule has 0 unspecified atom stereocenters. The predicted octanol–water partition coefficient (Wildman–Crippen LogP) is 2.70. The van der Waals surface area contributed by atoms with Gasteiger partial charge in [-0.05, 0) is 25.5 Å². The van der Waals surface area contributed by atoms with E-state index in [1.165, 1.54) is 5.69 Å². The second kappa shape index (κ2) is 9.30. The first-order chi connectivity index (χ1) is 10.8. The Kier molecular flexibility index (Phi) is 7.03. The maximum atomic E-state index is 5.45. The second-order valence-corrected chi connectivity index (χ2v) is 5.36. The van der Waals surface area contributed by atoms with Gasteiger partial charge in [-0.3, -0.25) is 4.99 Å². The molecule has 2 N–H and O–H groups in total. The number of para-hydroxylation sites is 2. The zero-order chi connectivity index (χ0) is 15.6. The van der Waals surface area contributed by atoms with Gasteiger partial charge in [0.25, 0.3) is 0 Å². The first-order valence-corrected chi connectivity index (χ1v) is 8.32. The molecule has 0 aliphatic carbocycles. The molecular formula is C17H28N4O. The highest BCUT2D eigenvalue weighted by molar-refractivity contribution is 5.96. The molecule has 2 rings (SSSR count). The molecule has 1 heterocycles. The van der Waals surface area contributed by atoms with Crippen LogP contribution in [0, 0.1) is 0 Å². The molecule has 0 saturated carbocycles. The zero-order valence-electron chi connectivity index (χ0n) is 13.8. The standard InChI is InChI=1S/C17H28N4O/c1-3-5-10-19-17(18-4-2)20-15-8-6-7-9-16(15)21-11-13-22-14-12-21/h6-9H,3-5,10-14H2,1-2H3,(H2,18,19,20). The van der Waals surface area contributed by atoms with E-state index < -0.39 is 0 Å². The van der Waals surface area contributed by atoms with Gasteiger partial charge in [-0.25, -0.2) is 0 Å². The summed E-state index contributed by atoms with van der Waals surface area (Å²) >= 11 is 0. The summed E-state index contributed by atoms with van der Waals surface area (Å²) in [5.41, 5.74) is 2.31. The zero-order valence-corrected chi connectivity index (χ0v) is 13.8. The first kappa shape index (κ1) is 16.6. The fraction of sp³-hybridized carbons (Fsp3) is 0.588. The van der Waals surface area contributed by atoms with E-state index in [1.54, 1.807) is 0 Å². The van der Waals surface area contributed by atoms with Gasteiger partial charge in [-0.2, -0.15) is 0 Å². The molecule has 0 radical (unpaired) electrons. The Bertz CT molecular complexity index is 469. The van der Waals surface area contributed by atoms with Crippen LogP contribution in [0.1, 0.15) is 26.7 Å². The normalized spacial score (nSPS) is 15.7. The lowest BCUT2D eigenvalue weighted by atomic mass is 10.2. The van der Waals surface area contributed by atoms with Crippen LogP contribution < -0.4 is 15.5 Å². The summed E-state index contributed by atoms with van der Waals surface area (Å²) in [6.07, 6.45) is 2.27. The first-order valence-electron chi connectivity index (χ1n) is 8.32. The summed E-state index contributed by atoms with van der Waals surface area (Å²) in [6.45, 7) is 9.43. The van der Waals surface area contributed by atoms with Crippen LogP contribution >= 0.6 is 0 Å². The molecule has 0 amide bonds. The topological polar surface area (TPSA) is 48.9 Å². The highest BCUT2D eigenvalue weighted by Crippen LogP contribution is 2.26. The molecule has 122 valence electrons. The van der Waals surface area contributed by atoms with Crippen LogP contribution in [0.2, 0.25) is 0 Å². The fourth-order valence-corrected chi connectivity index (χ4v) is 2.44. The lowest BCUT2D eigenvalue weighted by Crippen LogP contribution is -2.37. The van der Waals surface area contributed by atoms with Crippen molar-refractivity contribution in [1.29, 1.82) is 0 Å². The van der Waals surface area contributed by atoms with Gasteiger partial charge in [0.2, 0.25) is 0 Å². The van der Waals surface area contributed by atoms with Crippen LogP contribution in [0.3, 0.4) is 0 Å². The monoisotopic (exact) mass is 304 g/mol. The van der Waals surface area contributed by atoms with Crippen LogP contribution in [0.15, 0.2) is 29.3 Å². The minimum atomic E-state index is 0.791. The second-order valence-electron chi connectivity index (χ2n) is 5.36. The summed E-state index contributed by atoms with van der Waals surface area (Å²) in [7, 11) is 0. The molecule has 5 heteroatoms. The molecule has 0 atom stereocenters. The Hall–Kier alpha value is -1.75. The number of nitrogens with zero attached hydrogens (tertiary/aromatic N) is 2. The summed E-state index contributed by atoms with van der Waals surface area (Å²) in [6, 6.07) is 8.40. The number of benzene rings is 1. The van der Waals surface area contributed by atoms with Crippen LogP contribution in [0.25, 0.3) is 0 Å². The van der Waals surface area contributed by atoms with Crippen molar-refractivity contribution < 1.29 is 4.74 Å². The number of aliphatic imine (C=N–C) groups is 1. The number of ether oxygens (including phenoxy) is 1. The van der Waals surface area contributed by atoms with Gasteiger partial charge in [-0.15, -0.1) is 0 Å². The Morgan fingerprint density at radius 3 is 2.73 bits per heavy atom. The van der Waals surface area contributed by atoms with Gasteiger partial charge in [0.05, 0.1) is 24.6 Å². The van der Waals surface area contributed by atoms with E-state index in [1.807, 2.05) is 0 Å². The lowest BCUT2D eigenvalue weighted by molar-refractivity contribution is 0.123. The molecule has 1 aliphatic rings. The Morgan fingerprint density at radius 1 is 1.23 bits per heavy atom. The van der Waals surface area contributed by atoms with Crippen LogP contribution in [-0.4, -0.2) is 45.4 Å². The molecule has 1 aromatic carbocycles. The molecule has 1 aromatic rings. The van der Waals surface area contributed by atoms with E-state index in [0.717, 1.165) is 63.9 Å².